The Morgan fingerprint density at radius 2 is 2.30 bits per heavy atom. The highest BCUT2D eigenvalue weighted by Gasteiger charge is 2.21. The highest BCUT2D eigenvalue weighted by molar-refractivity contribution is 5.96. The molecule has 1 fully saturated rings. The lowest BCUT2D eigenvalue weighted by Crippen LogP contribution is -2.30. The van der Waals surface area contributed by atoms with E-state index in [-0.39, 0.29) is 6.10 Å². The minimum atomic E-state index is -0.391. The zero-order valence-corrected chi connectivity index (χ0v) is 11.5. The van der Waals surface area contributed by atoms with Gasteiger partial charge in [0.05, 0.1) is 44.3 Å². The molecule has 0 radical (unpaired) electrons. The van der Waals surface area contributed by atoms with Crippen molar-refractivity contribution in [1.82, 2.24) is 9.55 Å². The molecule has 1 saturated heterocycles. The summed E-state index contributed by atoms with van der Waals surface area (Å²) in [5, 5.41) is 0. The van der Waals surface area contributed by atoms with E-state index in [1.807, 2.05) is 4.57 Å². The molecule has 0 bridgehead atoms. The summed E-state index contributed by atoms with van der Waals surface area (Å²) in [6.07, 6.45) is 3.02. The van der Waals surface area contributed by atoms with E-state index in [1.54, 1.807) is 25.6 Å². The van der Waals surface area contributed by atoms with Gasteiger partial charge in [-0.15, -0.1) is 0 Å². The Kier molecular flexibility index (Phi) is 3.31. The smallest absolute Gasteiger partial charge is 0.338 e. The van der Waals surface area contributed by atoms with Gasteiger partial charge in [0, 0.05) is 6.61 Å². The highest BCUT2D eigenvalue weighted by atomic mass is 16.5. The van der Waals surface area contributed by atoms with Crippen molar-refractivity contribution in [3.05, 3.63) is 24.0 Å². The van der Waals surface area contributed by atoms with Crippen LogP contribution in [0.3, 0.4) is 0 Å². The maximum atomic E-state index is 11.7. The first-order valence-corrected chi connectivity index (χ1v) is 6.45. The molecule has 0 spiro atoms. The molecule has 106 valence electrons. The molecule has 1 unspecified atom stereocenters. The number of benzene rings is 1. The average Bonchev–Trinajstić information content (AvgIpc) is 2.84. The number of hydrogen-bond acceptors (Lipinski definition) is 5. The zero-order chi connectivity index (χ0) is 14.1. The first-order valence-electron chi connectivity index (χ1n) is 6.45. The molecule has 2 heterocycles. The summed E-state index contributed by atoms with van der Waals surface area (Å²) in [7, 11) is 2.92. The van der Waals surface area contributed by atoms with E-state index in [1.165, 1.54) is 7.11 Å². The minimum Gasteiger partial charge on any atom is -0.494 e. The van der Waals surface area contributed by atoms with E-state index in [4.69, 9.17) is 14.2 Å². The third-order valence-electron chi connectivity index (χ3n) is 3.53. The molecule has 3 rings (SSSR count). The third kappa shape index (κ3) is 2.12. The number of fused-ring (bicyclic) bond motifs is 1. The number of hydrogen-bond donors (Lipinski definition) is 0. The molecule has 1 atom stereocenters. The summed E-state index contributed by atoms with van der Waals surface area (Å²) < 4.78 is 17.5. The molecule has 6 nitrogen and oxygen atoms in total. The monoisotopic (exact) mass is 276 g/mol. The van der Waals surface area contributed by atoms with Gasteiger partial charge in [-0.1, -0.05) is 0 Å². The van der Waals surface area contributed by atoms with Crippen molar-refractivity contribution in [1.29, 1.82) is 0 Å². The van der Waals surface area contributed by atoms with Crippen LogP contribution in [-0.2, 0) is 16.0 Å². The van der Waals surface area contributed by atoms with Gasteiger partial charge in [0.1, 0.15) is 11.3 Å². The van der Waals surface area contributed by atoms with Crippen molar-refractivity contribution < 1.29 is 19.0 Å². The van der Waals surface area contributed by atoms with Crippen LogP contribution in [0.1, 0.15) is 16.8 Å². The number of aromatic nitrogens is 2. The molecule has 1 aromatic carbocycles. The van der Waals surface area contributed by atoms with E-state index < -0.39 is 5.97 Å². The predicted molar refractivity (Wildman–Crippen MR) is 72.0 cm³/mol. The van der Waals surface area contributed by atoms with Crippen LogP contribution < -0.4 is 4.74 Å². The van der Waals surface area contributed by atoms with Gasteiger partial charge in [0.25, 0.3) is 0 Å². The van der Waals surface area contributed by atoms with E-state index in [0.29, 0.717) is 11.3 Å². The maximum absolute atomic E-state index is 11.7. The normalized spacial score (nSPS) is 17.8. The number of esters is 1. The maximum Gasteiger partial charge on any atom is 0.338 e. The van der Waals surface area contributed by atoms with Crippen LogP contribution in [-0.4, -0.2) is 42.5 Å². The second-order valence-corrected chi connectivity index (χ2v) is 4.72. The Balaban J connectivity index is 2.06. The van der Waals surface area contributed by atoms with Gasteiger partial charge < -0.3 is 18.8 Å². The SMILES string of the molecule is COC(=O)c1cc(OC)c2ncn(CC3CCO3)c2c1. The second kappa shape index (κ2) is 5.13. The summed E-state index contributed by atoms with van der Waals surface area (Å²) in [6.45, 7) is 1.54. The van der Waals surface area contributed by atoms with E-state index in [9.17, 15) is 4.79 Å². The van der Waals surface area contributed by atoms with Crippen LogP contribution in [0, 0.1) is 0 Å². The zero-order valence-electron chi connectivity index (χ0n) is 11.5. The summed E-state index contributed by atoms with van der Waals surface area (Å²) in [6, 6.07) is 3.42. The number of ether oxygens (including phenoxy) is 3. The summed E-state index contributed by atoms with van der Waals surface area (Å²) in [4.78, 5) is 16.1. The van der Waals surface area contributed by atoms with Crippen molar-refractivity contribution in [2.45, 2.75) is 19.1 Å². The second-order valence-electron chi connectivity index (χ2n) is 4.72. The van der Waals surface area contributed by atoms with E-state index >= 15 is 0 Å². The number of carbonyl (C=O) groups excluding carboxylic acids is 1. The number of nitrogens with zero attached hydrogens (tertiary/aromatic N) is 2. The first-order chi connectivity index (χ1) is 9.72. The molecule has 0 amide bonds. The summed E-state index contributed by atoms with van der Waals surface area (Å²) in [5.41, 5.74) is 2.04. The molecule has 0 aliphatic carbocycles. The quantitative estimate of drug-likeness (QED) is 0.794. The lowest BCUT2D eigenvalue weighted by molar-refractivity contribution is -0.0586. The Morgan fingerprint density at radius 1 is 1.50 bits per heavy atom. The number of imidazole rings is 1. The van der Waals surface area contributed by atoms with Gasteiger partial charge in [-0.3, -0.25) is 0 Å². The fourth-order valence-electron chi connectivity index (χ4n) is 2.32. The molecular formula is C14H16N2O4. The molecule has 1 aromatic heterocycles. The summed E-state index contributed by atoms with van der Waals surface area (Å²) in [5.74, 6) is 0.175. The molecule has 1 aliphatic rings. The van der Waals surface area contributed by atoms with Crippen LogP contribution >= 0.6 is 0 Å². The van der Waals surface area contributed by atoms with Gasteiger partial charge in [-0.2, -0.15) is 0 Å². The Bertz CT molecular complexity index is 646. The van der Waals surface area contributed by atoms with E-state index in [0.717, 1.165) is 30.6 Å². The Labute approximate surface area is 116 Å². The topological polar surface area (TPSA) is 62.6 Å². The molecule has 0 N–H and O–H groups in total. The predicted octanol–water partition coefficient (Wildman–Crippen LogP) is 1.62. The van der Waals surface area contributed by atoms with Crippen molar-refractivity contribution in [3.63, 3.8) is 0 Å². The average molecular weight is 276 g/mol. The van der Waals surface area contributed by atoms with E-state index in [2.05, 4.69) is 4.98 Å². The molecule has 2 aromatic rings. The fourth-order valence-corrected chi connectivity index (χ4v) is 2.32. The van der Waals surface area contributed by atoms with Gasteiger partial charge in [0.15, 0.2) is 0 Å². The van der Waals surface area contributed by atoms with Crippen molar-refractivity contribution in [2.75, 3.05) is 20.8 Å². The van der Waals surface area contributed by atoms with Crippen LogP contribution in [0.5, 0.6) is 5.75 Å². The van der Waals surface area contributed by atoms with Gasteiger partial charge in [-0.25, -0.2) is 9.78 Å². The fraction of sp³-hybridized carbons (Fsp3) is 0.429. The molecular weight excluding hydrogens is 260 g/mol. The Hall–Kier alpha value is -2.08. The standard InChI is InChI=1S/C14H16N2O4/c1-18-12-6-9(14(17)19-2)5-11-13(12)15-8-16(11)7-10-3-4-20-10/h5-6,8,10H,3-4,7H2,1-2H3. The van der Waals surface area contributed by atoms with Crippen LogP contribution in [0.2, 0.25) is 0 Å². The minimum absolute atomic E-state index is 0.222. The molecule has 0 saturated carbocycles. The van der Waals surface area contributed by atoms with Gasteiger partial charge >= 0.3 is 5.97 Å². The lowest BCUT2D eigenvalue weighted by atomic mass is 10.1. The van der Waals surface area contributed by atoms with Crippen molar-refractivity contribution in [3.8, 4) is 5.75 Å². The van der Waals surface area contributed by atoms with Gasteiger partial charge in [-0.05, 0) is 18.6 Å². The van der Waals surface area contributed by atoms with Crippen LogP contribution in [0.15, 0.2) is 18.5 Å². The van der Waals surface area contributed by atoms with Crippen LogP contribution in [0.4, 0.5) is 0 Å². The number of rotatable bonds is 4. The van der Waals surface area contributed by atoms with Gasteiger partial charge in [0.2, 0.25) is 0 Å². The van der Waals surface area contributed by atoms with Crippen molar-refractivity contribution >= 4 is 17.0 Å². The molecule has 6 heteroatoms. The van der Waals surface area contributed by atoms with Crippen molar-refractivity contribution in [2.24, 2.45) is 0 Å². The Morgan fingerprint density at radius 3 is 2.90 bits per heavy atom. The third-order valence-corrected chi connectivity index (χ3v) is 3.53. The highest BCUT2D eigenvalue weighted by Crippen LogP contribution is 2.28. The first kappa shape index (κ1) is 12.9. The largest absolute Gasteiger partial charge is 0.494 e. The lowest BCUT2D eigenvalue weighted by Gasteiger charge is -2.26. The number of carbonyl (C=O) groups is 1. The van der Waals surface area contributed by atoms with Crippen LogP contribution in [0.25, 0.3) is 11.0 Å². The molecule has 1 aliphatic heterocycles. The number of methoxy groups -OCH3 is 2. The molecule has 20 heavy (non-hydrogen) atoms. The summed E-state index contributed by atoms with van der Waals surface area (Å²) >= 11 is 0.